The van der Waals surface area contributed by atoms with Crippen LogP contribution in [0.3, 0.4) is 0 Å². The zero-order valence-corrected chi connectivity index (χ0v) is 13.3. The SMILES string of the molecule is C=CC(=O)NCCO[Si](OC)(OC)OCCNC(=O)C=C. The maximum atomic E-state index is 11.0. The van der Waals surface area contributed by atoms with Crippen molar-refractivity contribution < 1.29 is 27.3 Å². The number of carbonyl (C=O) groups is 2. The van der Waals surface area contributed by atoms with Crippen molar-refractivity contribution in [3.8, 4) is 0 Å². The van der Waals surface area contributed by atoms with E-state index in [1.54, 1.807) is 0 Å². The molecule has 0 rings (SSSR count). The first-order valence-electron chi connectivity index (χ1n) is 6.22. The van der Waals surface area contributed by atoms with Gasteiger partial charge in [-0.25, -0.2) is 0 Å². The molecule has 21 heavy (non-hydrogen) atoms. The van der Waals surface area contributed by atoms with Gasteiger partial charge in [-0.3, -0.25) is 9.59 Å². The highest BCUT2D eigenvalue weighted by Crippen LogP contribution is 2.08. The van der Waals surface area contributed by atoms with Crippen LogP contribution < -0.4 is 10.6 Å². The molecule has 0 heterocycles. The van der Waals surface area contributed by atoms with Gasteiger partial charge in [-0.2, -0.15) is 0 Å². The molecule has 0 aliphatic heterocycles. The molecule has 0 saturated heterocycles. The Morgan fingerprint density at radius 1 is 0.952 bits per heavy atom. The van der Waals surface area contributed by atoms with Crippen molar-refractivity contribution in [1.29, 1.82) is 0 Å². The van der Waals surface area contributed by atoms with Gasteiger partial charge < -0.3 is 28.3 Å². The van der Waals surface area contributed by atoms with Crippen LogP contribution in [0.15, 0.2) is 25.3 Å². The number of hydrogen-bond acceptors (Lipinski definition) is 6. The molecule has 0 fully saturated rings. The van der Waals surface area contributed by atoms with Crippen LogP contribution in [0.1, 0.15) is 0 Å². The van der Waals surface area contributed by atoms with E-state index in [2.05, 4.69) is 23.8 Å². The van der Waals surface area contributed by atoms with Crippen molar-refractivity contribution in [1.82, 2.24) is 10.6 Å². The summed E-state index contributed by atoms with van der Waals surface area (Å²) in [6, 6.07) is 0. The molecule has 0 atom stereocenters. The molecule has 0 spiro atoms. The lowest BCUT2D eigenvalue weighted by Gasteiger charge is -2.25. The van der Waals surface area contributed by atoms with E-state index < -0.39 is 9.05 Å². The summed E-state index contributed by atoms with van der Waals surface area (Å²) in [5.74, 6) is -0.595. The van der Waals surface area contributed by atoms with Gasteiger partial charge in [0.25, 0.3) is 0 Å². The van der Waals surface area contributed by atoms with Crippen LogP contribution in [-0.2, 0) is 27.3 Å². The van der Waals surface area contributed by atoms with E-state index in [0.717, 1.165) is 12.2 Å². The third-order valence-corrected chi connectivity index (χ3v) is 4.35. The highest BCUT2D eigenvalue weighted by molar-refractivity contribution is 6.53. The summed E-state index contributed by atoms with van der Waals surface area (Å²) in [7, 11) is -0.456. The lowest BCUT2D eigenvalue weighted by molar-refractivity contribution is -0.117. The lowest BCUT2D eigenvalue weighted by atomic mass is 10.5. The summed E-state index contributed by atoms with van der Waals surface area (Å²) in [5, 5.41) is 5.10. The van der Waals surface area contributed by atoms with Crippen molar-refractivity contribution in [3.05, 3.63) is 25.3 Å². The molecule has 2 amide bonds. The minimum absolute atomic E-state index is 0.159. The third-order valence-electron chi connectivity index (χ3n) is 2.23. The Hall–Kier alpha value is -1.52. The first-order valence-corrected chi connectivity index (χ1v) is 7.85. The molecule has 120 valence electrons. The predicted octanol–water partition coefficient (Wildman–Crippen LogP) is -0.648. The Kier molecular flexibility index (Phi) is 10.4. The highest BCUT2D eigenvalue weighted by atomic mass is 28.4. The zero-order chi connectivity index (χ0) is 16.1. The van der Waals surface area contributed by atoms with Crippen molar-refractivity contribution in [3.63, 3.8) is 0 Å². The Morgan fingerprint density at radius 2 is 1.33 bits per heavy atom. The van der Waals surface area contributed by atoms with E-state index >= 15 is 0 Å². The van der Waals surface area contributed by atoms with Crippen molar-refractivity contribution in [2.75, 3.05) is 40.5 Å². The number of amides is 2. The molecule has 0 aromatic rings. The van der Waals surface area contributed by atoms with Crippen LogP contribution in [0.5, 0.6) is 0 Å². The molecule has 0 saturated carbocycles. The Morgan fingerprint density at radius 3 is 1.62 bits per heavy atom. The minimum atomic E-state index is -3.26. The van der Waals surface area contributed by atoms with Gasteiger partial charge in [-0.05, 0) is 12.2 Å². The van der Waals surface area contributed by atoms with Crippen LogP contribution in [0.25, 0.3) is 0 Å². The second-order valence-electron chi connectivity index (χ2n) is 3.60. The fraction of sp³-hybridized carbons (Fsp3) is 0.500. The molecule has 0 aliphatic carbocycles. The van der Waals surface area contributed by atoms with E-state index in [9.17, 15) is 9.59 Å². The molecule has 0 aromatic carbocycles. The summed E-state index contributed by atoms with van der Waals surface area (Å²) in [6.07, 6.45) is 2.33. The van der Waals surface area contributed by atoms with Gasteiger partial charge in [0.1, 0.15) is 0 Å². The van der Waals surface area contributed by atoms with Crippen molar-refractivity contribution >= 4 is 20.9 Å². The summed E-state index contributed by atoms with van der Waals surface area (Å²) < 4.78 is 21.2. The van der Waals surface area contributed by atoms with Gasteiger partial charge in [0.05, 0.1) is 13.2 Å². The van der Waals surface area contributed by atoms with Crippen LogP contribution in [0, 0.1) is 0 Å². The van der Waals surface area contributed by atoms with Gasteiger partial charge >= 0.3 is 9.05 Å². The van der Waals surface area contributed by atoms with Gasteiger partial charge in [0.2, 0.25) is 11.8 Å². The summed E-state index contributed by atoms with van der Waals surface area (Å²) in [6.45, 7) is 7.52. The topological polar surface area (TPSA) is 95.1 Å². The van der Waals surface area contributed by atoms with Crippen molar-refractivity contribution in [2.24, 2.45) is 0 Å². The molecule has 2 N–H and O–H groups in total. The van der Waals surface area contributed by atoms with Gasteiger partial charge in [0, 0.05) is 27.3 Å². The van der Waals surface area contributed by atoms with Crippen LogP contribution in [0.2, 0.25) is 0 Å². The normalized spacial score (nSPS) is 10.8. The van der Waals surface area contributed by atoms with Gasteiger partial charge in [0.15, 0.2) is 0 Å². The molecule has 0 radical (unpaired) electrons. The van der Waals surface area contributed by atoms with Crippen LogP contribution in [0.4, 0.5) is 0 Å². The molecule has 0 aromatic heterocycles. The molecular formula is C12H22N2O6Si. The first kappa shape index (κ1) is 19.5. The largest absolute Gasteiger partial charge is 0.679 e. The molecule has 0 aliphatic rings. The minimum Gasteiger partial charge on any atom is -0.355 e. The van der Waals surface area contributed by atoms with Gasteiger partial charge in [-0.15, -0.1) is 0 Å². The molecule has 8 nitrogen and oxygen atoms in total. The molecule has 0 unspecified atom stereocenters. The highest BCUT2D eigenvalue weighted by Gasteiger charge is 2.43. The van der Waals surface area contributed by atoms with Crippen molar-refractivity contribution in [2.45, 2.75) is 0 Å². The fourth-order valence-electron chi connectivity index (χ4n) is 1.21. The Labute approximate surface area is 125 Å². The fourth-order valence-corrected chi connectivity index (χ4v) is 2.63. The lowest BCUT2D eigenvalue weighted by Crippen LogP contribution is -2.49. The molecule has 9 heteroatoms. The average molecular weight is 318 g/mol. The number of nitrogens with one attached hydrogen (secondary N) is 2. The third kappa shape index (κ3) is 8.37. The standard InChI is InChI=1S/C12H22N2O6Si/c1-5-11(15)13-7-9-19-21(17-3,18-4)20-10-8-14-12(16)6-2/h5-6H,1-2,7-10H2,3-4H3,(H,13,15)(H,14,16). The zero-order valence-electron chi connectivity index (χ0n) is 12.3. The number of hydrogen-bond donors (Lipinski definition) is 2. The van der Waals surface area contributed by atoms with Crippen LogP contribution >= 0.6 is 0 Å². The second kappa shape index (κ2) is 11.2. The average Bonchev–Trinajstić information content (AvgIpc) is 2.53. The first-order chi connectivity index (χ1) is 10.0. The Bertz CT molecular complexity index is 330. The van der Waals surface area contributed by atoms with E-state index in [1.165, 1.54) is 14.2 Å². The summed E-state index contributed by atoms with van der Waals surface area (Å²) >= 11 is 0. The van der Waals surface area contributed by atoms with E-state index in [0.29, 0.717) is 0 Å². The van der Waals surface area contributed by atoms with Gasteiger partial charge in [-0.1, -0.05) is 13.2 Å². The van der Waals surface area contributed by atoms with E-state index in [1.807, 2.05) is 0 Å². The van der Waals surface area contributed by atoms with E-state index in [4.69, 9.17) is 17.7 Å². The van der Waals surface area contributed by atoms with Crippen LogP contribution in [-0.4, -0.2) is 61.4 Å². The maximum absolute atomic E-state index is 11.0. The summed E-state index contributed by atoms with van der Waals surface area (Å²) in [4.78, 5) is 21.9. The number of rotatable bonds is 12. The second-order valence-corrected chi connectivity index (χ2v) is 5.99. The molecule has 0 bridgehead atoms. The summed E-state index contributed by atoms with van der Waals surface area (Å²) in [5.41, 5.74) is 0. The smallest absolute Gasteiger partial charge is 0.355 e. The van der Waals surface area contributed by atoms with E-state index in [-0.39, 0.29) is 38.1 Å². The molecular weight excluding hydrogens is 296 g/mol. The monoisotopic (exact) mass is 318 g/mol. The Balaban J connectivity index is 4.10. The number of carbonyl (C=O) groups excluding carboxylic acids is 2. The quantitative estimate of drug-likeness (QED) is 0.282. The maximum Gasteiger partial charge on any atom is 0.679 e. The predicted molar refractivity (Wildman–Crippen MR) is 78.1 cm³/mol.